The molecule has 208 valence electrons. The number of aromatic hydroxyl groups is 1. The summed E-state index contributed by atoms with van der Waals surface area (Å²) in [5.41, 5.74) is 1.00. The molecule has 3 aliphatic rings. The van der Waals surface area contributed by atoms with Gasteiger partial charge in [-0.15, -0.1) is 0 Å². The van der Waals surface area contributed by atoms with E-state index < -0.39 is 87.4 Å². The third kappa shape index (κ3) is 3.86. The smallest absolute Gasteiger partial charge is 0.330 e. The van der Waals surface area contributed by atoms with Gasteiger partial charge < -0.3 is 36.0 Å². The third-order valence-corrected chi connectivity index (χ3v) is 7.85. The second kappa shape index (κ2) is 9.63. The van der Waals surface area contributed by atoms with Gasteiger partial charge in [0.2, 0.25) is 5.78 Å². The Morgan fingerprint density at radius 3 is 2.38 bits per heavy atom. The van der Waals surface area contributed by atoms with Gasteiger partial charge in [0.25, 0.3) is 5.91 Å². The lowest BCUT2D eigenvalue weighted by Crippen LogP contribution is -2.68. The van der Waals surface area contributed by atoms with E-state index in [1.807, 2.05) is 0 Å². The number of primary amides is 1. The van der Waals surface area contributed by atoms with Gasteiger partial charge >= 0.3 is 5.97 Å². The number of aliphatic hydroxyl groups is 4. The number of fused-ring (bicyclic) bond motifs is 3. The van der Waals surface area contributed by atoms with Gasteiger partial charge in [-0.3, -0.25) is 19.3 Å². The number of phenolic OH excluding ortho intramolecular Hbond substituents is 1. The molecule has 7 N–H and O–H groups in total. The van der Waals surface area contributed by atoms with E-state index in [1.54, 1.807) is 13.8 Å². The quantitative estimate of drug-likeness (QED) is 0.169. The molecule has 0 radical (unpaired) electrons. The van der Waals surface area contributed by atoms with Gasteiger partial charge in [0.1, 0.15) is 22.8 Å². The highest BCUT2D eigenvalue weighted by molar-refractivity contribution is 6.25. The highest BCUT2D eigenvalue weighted by Crippen LogP contribution is 2.55. The Balaban J connectivity index is 1.95. The summed E-state index contributed by atoms with van der Waals surface area (Å²) in [6, 6.07) is 1.66. The van der Waals surface area contributed by atoms with Crippen LogP contribution in [0.25, 0.3) is 6.08 Å². The molecule has 39 heavy (non-hydrogen) atoms. The van der Waals surface area contributed by atoms with Crippen molar-refractivity contribution in [3.05, 3.63) is 57.6 Å². The minimum Gasteiger partial charge on any atom is -0.510 e. The number of phenols is 1. The van der Waals surface area contributed by atoms with Gasteiger partial charge in [-0.2, -0.15) is 0 Å². The van der Waals surface area contributed by atoms with Gasteiger partial charge in [-0.1, -0.05) is 19.1 Å². The Morgan fingerprint density at radius 2 is 1.82 bits per heavy atom. The predicted molar refractivity (Wildman–Crippen MR) is 135 cm³/mol. The average Bonchev–Trinajstić information content (AvgIpc) is 2.85. The van der Waals surface area contributed by atoms with Crippen LogP contribution in [0.15, 0.2) is 40.9 Å². The normalized spacial score (nSPS) is 30.4. The summed E-state index contributed by atoms with van der Waals surface area (Å²) in [4.78, 5) is 52.3. The van der Waals surface area contributed by atoms with Crippen molar-refractivity contribution in [2.45, 2.75) is 37.5 Å². The summed E-state index contributed by atoms with van der Waals surface area (Å²) in [6.45, 7) is 3.38. The maximum atomic E-state index is 13.8. The summed E-state index contributed by atoms with van der Waals surface area (Å²) in [6.07, 6.45) is 0.626. The molecule has 0 fully saturated rings. The molecule has 6 atom stereocenters. The number of Topliss-reactive ketones (excluding diaryl/α,β-unsaturated/α-hetero) is 2. The zero-order valence-electron chi connectivity index (χ0n) is 21.7. The Labute approximate surface area is 223 Å². The fourth-order valence-electron chi connectivity index (χ4n) is 6.12. The number of likely N-dealkylation sites (N-methyl/N-ethyl adjacent to an activating group) is 1. The molecule has 0 heterocycles. The van der Waals surface area contributed by atoms with Crippen LogP contribution in [0.5, 0.6) is 5.75 Å². The lowest BCUT2D eigenvalue weighted by atomic mass is 9.55. The lowest BCUT2D eigenvalue weighted by Gasteiger charge is -2.53. The minimum atomic E-state index is -2.99. The molecule has 0 saturated carbocycles. The number of rotatable bonds is 5. The summed E-state index contributed by atoms with van der Waals surface area (Å²) < 4.78 is 4.82. The number of hydrogen-bond donors (Lipinski definition) is 6. The largest absolute Gasteiger partial charge is 0.510 e. The first kappa shape index (κ1) is 28.0. The molecule has 4 rings (SSSR count). The highest BCUT2D eigenvalue weighted by atomic mass is 16.5. The van der Waals surface area contributed by atoms with Crippen molar-refractivity contribution in [1.29, 1.82) is 0 Å². The molecule has 1 aromatic rings. The zero-order chi connectivity index (χ0) is 29.1. The molecular weight excluding hydrogens is 512 g/mol. The van der Waals surface area contributed by atoms with Crippen molar-refractivity contribution in [3.8, 4) is 5.75 Å². The maximum absolute atomic E-state index is 13.8. The van der Waals surface area contributed by atoms with E-state index in [2.05, 4.69) is 0 Å². The number of nitrogens with zero attached hydrogens (tertiary/aromatic N) is 1. The first-order chi connectivity index (χ1) is 18.2. The molecule has 1 amide bonds. The number of carbonyl (C=O) groups is 4. The summed E-state index contributed by atoms with van der Waals surface area (Å²) in [5.74, 6) is -10.3. The monoisotopic (exact) mass is 542 g/mol. The van der Waals surface area contributed by atoms with Crippen LogP contribution < -0.4 is 5.73 Å². The van der Waals surface area contributed by atoms with Crippen molar-refractivity contribution in [2.75, 3.05) is 20.7 Å². The predicted octanol–water partition coefficient (Wildman–Crippen LogP) is 0.229. The van der Waals surface area contributed by atoms with Crippen molar-refractivity contribution in [3.63, 3.8) is 0 Å². The summed E-state index contributed by atoms with van der Waals surface area (Å²) in [5, 5.41) is 56.5. The van der Waals surface area contributed by atoms with Crippen LogP contribution in [-0.2, 0) is 19.1 Å². The van der Waals surface area contributed by atoms with Gasteiger partial charge in [-0.25, -0.2) is 4.79 Å². The standard InChI is InChI=1S/C27H30N2O10/c1-5-39-13(30)9-7-11-6-8-12-10(2)14-16(21(32)15(12)20(11)31)24(35)27(38)18(22(14)33)19(29(3)4)23(34)17(25(27)36)26(28)37/h6-10,14,18-19,22,31,33-35,38H,5H2,1-4H3,(H2,28,37)/b9-7+. The fraction of sp³-hybridized carbons (Fsp3) is 0.407. The Kier molecular flexibility index (Phi) is 6.92. The Bertz CT molecular complexity index is 1390. The molecule has 3 aliphatic carbocycles. The molecule has 0 aliphatic heterocycles. The lowest BCUT2D eigenvalue weighted by molar-refractivity contribution is -0.162. The molecule has 0 spiro atoms. The Hall–Kier alpha value is -4.00. The van der Waals surface area contributed by atoms with Crippen LogP contribution in [0.4, 0.5) is 0 Å². The number of aliphatic hydroxyl groups excluding tert-OH is 3. The van der Waals surface area contributed by atoms with Crippen LogP contribution in [0, 0.1) is 11.8 Å². The van der Waals surface area contributed by atoms with E-state index >= 15 is 0 Å². The highest BCUT2D eigenvalue weighted by Gasteiger charge is 2.67. The molecule has 0 bridgehead atoms. The fourth-order valence-corrected chi connectivity index (χ4v) is 6.12. The van der Waals surface area contributed by atoms with Gasteiger partial charge in [0, 0.05) is 23.1 Å². The first-order valence-corrected chi connectivity index (χ1v) is 12.2. The van der Waals surface area contributed by atoms with E-state index in [-0.39, 0.29) is 17.7 Å². The minimum absolute atomic E-state index is 0.0825. The first-order valence-electron chi connectivity index (χ1n) is 12.2. The third-order valence-electron chi connectivity index (χ3n) is 7.85. The number of benzene rings is 1. The summed E-state index contributed by atoms with van der Waals surface area (Å²) >= 11 is 0. The van der Waals surface area contributed by atoms with E-state index in [0.29, 0.717) is 5.56 Å². The maximum Gasteiger partial charge on any atom is 0.330 e. The molecular formula is C27H30N2O10. The van der Waals surface area contributed by atoms with E-state index in [1.165, 1.54) is 37.2 Å². The van der Waals surface area contributed by atoms with Crippen LogP contribution >= 0.6 is 0 Å². The number of esters is 1. The van der Waals surface area contributed by atoms with Gasteiger partial charge in [0.05, 0.1) is 30.2 Å². The number of ketones is 2. The van der Waals surface area contributed by atoms with E-state index in [0.717, 1.165) is 6.08 Å². The SMILES string of the molecule is CCOC(=O)/C=C/c1ccc2c(c1O)C(=O)C1=C(O)C3(O)C(=O)C(C(N)=O)=C(O)C(N(C)C)C3C(O)C1C2C. The van der Waals surface area contributed by atoms with Crippen LogP contribution in [-0.4, -0.2) is 92.3 Å². The number of carbonyl (C=O) groups excluding carboxylic acids is 4. The van der Waals surface area contributed by atoms with Gasteiger partial charge in [-0.05, 0) is 38.6 Å². The molecule has 12 heteroatoms. The number of hydrogen-bond acceptors (Lipinski definition) is 11. The summed E-state index contributed by atoms with van der Waals surface area (Å²) in [7, 11) is 2.93. The zero-order valence-corrected chi connectivity index (χ0v) is 21.7. The number of nitrogens with two attached hydrogens (primary N) is 1. The molecule has 0 aromatic heterocycles. The van der Waals surface area contributed by atoms with E-state index in [9.17, 15) is 44.7 Å². The van der Waals surface area contributed by atoms with Crippen LogP contribution in [0.2, 0.25) is 0 Å². The topological polar surface area (TPSA) is 208 Å². The second-order valence-corrected chi connectivity index (χ2v) is 10.1. The molecule has 0 saturated heterocycles. The number of amides is 1. The average molecular weight is 543 g/mol. The van der Waals surface area contributed by atoms with Crippen molar-refractivity contribution in [2.24, 2.45) is 17.6 Å². The molecule has 12 nitrogen and oxygen atoms in total. The second-order valence-electron chi connectivity index (χ2n) is 10.1. The van der Waals surface area contributed by atoms with Crippen molar-refractivity contribution >= 4 is 29.5 Å². The van der Waals surface area contributed by atoms with Gasteiger partial charge in [0.15, 0.2) is 11.4 Å². The van der Waals surface area contributed by atoms with Crippen molar-refractivity contribution in [1.82, 2.24) is 4.90 Å². The molecule has 6 unspecified atom stereocenters. The van der Waals surface area contributed by atoms with E-state index in [4.69, 9.17) is 10.5 Å². The number of ether oxygens (including phenoxy) is 1. The van der Waals surface area contributed by atoms with Crippen molar-refractivity contribution < 1.29 is 49.4 Å². The van der Waals surface area contributed by atoms with Crippen LogP contribution in [0.1, 0.15) is 41.3 Å². The molecule has 1 aromatic carbocycles. The van der Waals surface area contributed by atoms with Crippen LogP contribution in [0.3, 0.4) is 0 Å². The Morgan fingerprint density at radius 1 is 1.18 bits per heavy atom.